The van der Waals surface area contributed by atoms with Crippen LogP contribution in [0.25, 0.3) is 0 Å². The normalized spacial score (nSPS) is 26.3. The van der Waals surface area contributed by atoms with Gasteiger partial charge >= 0.3 is 5.97 Å². The number of carboxylic acids is 1. The Kier molecular flexibility index (Phi) is 5.03. The van der Waals surface area contributed by atoms with Gasteiger partial charge in [-0.3, -0.25) is 14.4 Å². The highest BCUT2D eigenvalue weighted by atomic mass is 32.2. The van der Waals surface area contributed by atoms with Crippen molar-refractivity contribution < 1.29 is 19.5 Å². The van der Waals surface area contributed by atoms with Crippen molar-refractivity contribution in [3.05, 3.63) is 24.3 Å². The highest BCUT2D eigenvalue weighted by Gasteiger charge is 2.43. The van der Waals surface area contributed by atoms with Crippen LogP contribution in [0.1, 0.15) is 19.8 Å². The molecule has 2 heterocycles. The van der Waals surface area contributed by atoms with Gasteiger partial charge in [-0.1, -0.05) is 0 Å². The van der Waals surface area contributed by atoms with Crippen molar-refractivity contribution in [2.24, 2.45) is 11.8 Å². The maximum atomic E-state index is 12.8. The summed E-state index contributed by atoms with van der Waals surface area (Å²) in [6, 6.07) is 7.39. The van der Waals surface area contributed by atoms with E-state index in [-0.39, 0.29) is 24.3 Å². The van der Waals surface area contributed by atoms with E-state index < -0.39 is 17.8 Å². The van der Waals surface area contributed by atoms with Gasteiger partial charge in [-0.2, -0.15) is 0 Å². The molecule has 1 aromatic rings. The van der Waals surface area contributed by atoms with E-state index in [1.807, 2.05) is 30.5 Å². The number of rotatable bonds is 4. The third kappa shape index (κ3) is 3.38. The summed E-state index contributed by atoms with van der Waals surface area (Å²) in [4.78, 5) is 40.8. The first-order chi connectivity index (χ1) is 11.9. The fourth-order valence-electron chi connectivity index (χ4n) is 3.70. The Labute approximate surface area is 151 Å². The lowest BCUT2D eigenvalue weighted by atomic mass is 10.0. The first-order valence-corrected chi connectivity index (χ1v) is 9.62. The summed E-state index contributed by atoms with van der Waals surface area (Å²) >= 11 is 1.63. The molecule has 3 unspecified atom stereocenters. The van der Waals surface area contributed by atoms with Crippen molar-refractivity contribution in [2.45, 2.75) is 30.7 Å². The van der Waals surface area contributed by atoms with Crippen molar-refractivity contribution in [1.29, 1.82) is 0 Å². The highest BCUT2D eigenvalue weighted by molar-refractivity contribution is 7.98. The van der Waals surface area contributed by atoms with Gasteiger partial charge < -0.3 is 14.9 Å². The molecule has 2 aliphatic rings. The number of thioether (sulfide) groups is 1. The quantitative estimate of drug-likeness (QED) is 0.830. The van der Waals surface area contributed by atoms with Gasteiger partial charge in [0.15, 0.2) is 0 Å². The monoisotopic (exact) mass is 362 g/mol. The summed E-state index contributed by atoms with van der Waals surface area (Å²) < 4.78 is 0. The lowest BCUT2D eigenvalue weighted by Gasteiger charge is -2.26. The van der Waals surface area contributed by atoms with Crippen LogP contribution in [0.5, 0.6) is 0 Å². The predicted molar refractivity (Wildman–Crippen MR) is 95.6 cm³/mol. The zero-order valence-electron chi connectivity index (χ0n) is 14.3. The average Bonchev–Trinajstić information content (AvgIpc) is 3.17. The van der Waals surface area contributed by atoms with E-state index in [2.05, 4.69) is 0 Å². The van der Waals surface area contributed by atoms with Gasteiger partial charge in [0.2, 0.25) is 11.8 Å². The van der Waals surface area contributed by atoms with Gasteiger partial charge in [0.05, 0.1) is 11.8 Å². The first kappa shape index (κ1) is 17.8. The molecule has 7 heteroatoms. The minimum absolute atomic E-state index is 0.0584. The molecule has 0 radical (unpaired) electrons. The summed E-state index contributed by atoms with van der Waals surface area (Å²) in [5.41, 5.74) is 0.802. The molecule has 3 atom stereocenters. The smallest absolute Gasteiger partial charge is 0.308 e. The van der Waals surface area contributed by atoms with E-state index in [4.69, 9.17) is 0 Å². The van der Waals surface area contributed by atoms with Crippen molar-refractivity contribution in [3.63, 3.8) is 0 Å². The minimum atomic E-state index is -0.860. The van der Waals surface area contributed by atoms with Crippen molar-refractivity contribution in [3.8, 4) is 0 Å². The Morgan fingerprint density at radius 1 is 1.24 bits per heavy atom. The molecule has 0 saturated carbocycles. The van der Waals surface area contributed by atoms with Crippen LogP contribution >= 0.6 is 11.8 Å². The van der Waals surface area contributed by atoms with E-state index in [0.717, 1.165) is 10.6 Å². The number of nitrogens with zero attached hydrogens (tertiary/aromatic N) is 2. The molecule has 25 heavy (non-hydrogen) atoms. The van der Waals surface area contributed by atoms with Crippen LogP contribution in [0.2, 0.25) is 0 Å². The SMILES string of the molecule is CSc1ccc(N2CC(C(=O)N3CCC(C(=O)O)C3C)CC2=O)cc1. The fraction of sp³-hybridized carbons (Fsp3) is 0.500. The topological polar surface area (TPSA) is 77.9 Å². The Bertz CT molecular complexity index is 691. The molecular weight excluding hydrogens is 340 g/mol. The molecular formula is C18H22N2O4S. The van der Waals surface area contributed by atoms with Crippen LogP contribution < -0.4 is 4.90 Å². The Hall–Kier alpha value is -2.02. The Balaban J connectivity index is 1.69. The van der Waals surface area contributed by atoms with Crippen LogP contribution in [0.15, 0.2) is 29.2 Å². The molecule has 2 saturated heterocycles. The predicted octanol–water partition coefficient (Wildman–Crippen LogP) is 2.08. The van der Waals surface area contributed by atoms with Gasteiger partial charge in [0.25, 0.3) is 0 Å². The Morgan fingerprint density at radius 2 is 1.92 bits per heavy atom. The molecule has 0 aliphatic carbocycles. The molecule has 134 valence electrons. The zero-order valence-corrected chi connectivity index (χ0v) is 15.2. The van der Waals surface area contributed by atoms with E-state index in [0.29, 0.717) is 19.5 Å². The van der Waals surface area contributed by atoms with Gasteiger partial charge in [0.1, 0.15) is 0 Å². The molecule has 6 nitrogen and oxygen atoms in total. The number of carboxylic acid groups (broad SMARTS) is 1. The molecule has 2 amide bonds. The summed E-state index contributed by atoms with van der Waals surface area (Å²) in [6.45, 7) is 2.58. The molecule has 0 spiro atoms. The van der Waals surface area contributed by atoms with Crippen molar-refractivity contribution in [2.75, 3.05) is 24.2 Å². The van der Waals surface area contributed by atoms with Crippen LogP contribution in [-0.4, -0.2) is 53.2 Å². The first-order valence-electron chi connectivity index (χ1n) is 8.40. The Morgan fingerprint density at radius 3 is 2.48 bits per heavy atom. The lowest BCUT2D eigenvalue weighted by Crippen LogP contribution is -2.41. The van der Waals surface area contributed by atoms with Crippen molar-refractivity contribution in [1.82, 2.24) is 4.90 Å². The molecule has 0 bridgehead atoms. The average molecular weight is 362 g/mol. The number of anilines is 1. The van der Waals surface area contributed by atoms with Crippen molar-refractivity contribution >= 4 is 35.2 Å². The number of benzene rings is 1. The zero-order chi connectivity index (χ0) is 18.1. The summed E-state index contributed by atoms with van der Waals surface area (Å²) in [5.74, 6) is -1.94. The van der Waals surface area contributed by atoms with Crippen LogP contribution in [0.4, 0.5) is 5.69 Å². The molecule has 3 rings (SSSR count). The van der Waals surface area contributed by atoms with Crippen LogP contribution in [-0.2, 0) is 14.4 Å². The summed E-state index contributed by atoms with van der Waals surface area (Å²) in [6.07, 6.45) is 2.65. The lowest BCUT2D eigenvalue weighted by molar-refractivity contribution is -0.143. The van der Waals surface area contributed by atoms with Crippen LogP contribution in [0, 0.1) is 11.8 Å². The third-order valence-corrected chi connectivity index (χ3v) is 5.96. The standard InChI is InChI=1S/C18H22N2O4S/c1-11-15(18(23)24)7-8-19(11)17(22)12-9-16(21)20(10-12)13-3-5-14(25-2)6-4-13/h3-6,11-12,15H,7-10H2,1-2H3,(H,23,24). The molecule has 1 aromatic carbocycles. The third-order valence-electron chi connectivity index (χ3n) is 5.21. The second kappa shape index (κ2) is 7.07. The number of carbonyl (C=O) groups excluding carboxylic acids is 2. The largest absolute Gasteiger partial charge is 0.481 e. The summed E-state index contributed by atoms with van der Waals surface area (Å²) in [5, 5.41) is 9.22. The second-order valence-electron chi connectivity index (χ2n) is 6.61. The molecule has 2 aliphatic heterocycles. The molecule has 1 N–H and O–H groups in total. The van der Waals surface area contributed by atoms with Gasteiger partial charge in [-0.25, -0.2) is 0 Å². The number of hydrogen-bond donors (Lipinski definition) is 1. The second-order valence-corrected chi connectivity index (χ2v) is 7.49. The number of aliphatic carboxylic acids is 1. The van der Waals surface area contributed by atoms with Gasteiger partial charge in [0, 0.05) is 36.1 Å². The van der Waals surface area contributed by atoms with E-state index in [1.54, 1.807) is 28.5 Å². The maximum absolute atomic E-state index is 12.8. The number of hydrogen-bond acceptors (Lipinski definition) is 4. The van der Waals surface area contributed by atoms with Gasteiger partial charge in [-0.15, -0.1) is 11.8 Å². The van der Waals surface area contributed by atoms with E-state index in [1.165, 1.54) is 0 Å². The summed E-state index contributed by atoms with van der Waals surface area (Å²) in [7, 11) is 0. The van der Waals surface area contributed by atoms with E-state index in [9.17, 15) is 19.5 Å². The maximum Gasteiger partial charge on any atom is 0.308 e. The number of likely N-dealkylation sites (tertiary alicyclic amines) is 1. The highest BCUT2D eigenvalue weighted by Crippen LogP contribution is 2.31. The molecule has 2 fully saturated rings. The molecule has 0 aromatic heterocycles. The minimum Gasteiger partial charge on any atom is -0.481 e. The number of carbonyl (C=O) groups is 3. The fourth-order valence-corrected chi connectivity index (χ4v) is 4.11. The van der Waals surface area contributed by atoms with E-state index >= 15 is 0 Å². The number of amides is 2. The van der Waals surface area contributed by atoms with Crippen LogP contribution in [0.3, 0.4) is 0 Å². The van der Waals surface area contributed by atoms with Gasteiger partial charge in [-0.05, 0) is 43.9 Å².